The number of phosphoric ester groups is 1. The van der Waals surface area contributed by atoms with Crippen molar-refractivity contribution >= 4 is 19.7 Å². The van der Waals surface area contributed by atoms with Crippen molar-refractivity contribution in [2.24, 2.45) is 0 Å². The van der Waals surface area contributed by atoms with Gasteiger partial charge in [0.05, 0.1) is 33.8 Å². The van der Waals surface area contributed by atoms with E-state index in [-0.39, 0.29) is 31.5 Å². The van der Waals surface area contributed by atoms with Gasteiger partial charge in [0.15, 0.2) is 0 Å². The lowest BCUT2D eigenvalue weighted by Crippen LogP contribution is -2.47. The van der Waals surface area contributed by atoms with Crippen LogP contribution in [-0.4, -0.2) is 69.4 Å². The van der Waals surface area contributed by atoms with Crippen molar-refractivity contribution < 1.29 is 37.3 Å². The summed E-state index contributed by atoms with van der Waals surface area (Å²) in [4.78, 5) is 40.0. The van der Waals surface area contributed by atoms with Crippen LogP contribution in [-0.2, 0) is 27.9 Å². The molecule has 0 rings (SSSR count). The first kappa shape index (κ1) is 75.2. The third-order valence-corrected chi connectivity index (χ3v) is 16.0. The Morgan fingerprint density at radius 1 is 0.442 bits per heavy atom. The summed E-state index contributed by atoms with van der Waals surface area (Å²) in [7, 11) is 1.19. The average Bonchev–Trinajstić information content (AvgIpc) is 3.39. The molecule has 9 nitrogen and oxygen atoms in total. The van der Waals surface area contributed by atoms with E-state index in [0.717, 1.165) is 70.6 Å². The van der Waals surface area contributed by atoms with Crippen LogP contribution >= 0.6 is 7.82 Å². The van der Waals surface area contributed by atoms with E-state index in [9.17, 15) is 19.0 Å². The maximum atomic E-state index is 13.6. The van der Waals surface area contributed by atoms with Crippen molar-refractivity contribution in [2.75, 3.05) is 40.9 Å². The molecule has 3 atom stereocenters. The zero-order chi connectivity index (χ0) is 56.4. The van der Waals surface area contributed by atoms with Gasteiger partial charge in [-0.2, -0.15) is 0 Å². The number of amides is 1. The third kappa shape index (κ3) is 58.7. The van der Waals surface area contributed by atoms with E-state index < -0.39 is 20.0 Å². The Morgan fingerprint density at radius 2 is 0.753 bits per heavy atom. The van der Waals surface area contributed by atoms with Gasteiger partial charge in [-0.05, 0) is 83.1 Å². The molecule has 0 aliphatic rings. The van der Waals surface area contributed by atoms with Crippen LogP contribution in [0.4, 0.5) is 0 Å². The molecule has 0 spiro atoms. The van der Waals surface area contributed by atoms with E-state index in [1.807, 2.05) is 33.3 Å². The minimum Gasteiger partial charge on any atom is -0.756 e. The van der Waals surface area contributed by atoms with E-state index in [1.165, 1.54) is 225 Å². The first-order chi connectivity index (χ1) is 37.4. The smallest absolute Gasteiger partial charge is 0.306 e. The fraction of sp³-hybridized carbons (Fsp3) is 0.881. The van der Waals surface area contributed by atoms with Crippen molar-refractivity contribution in [2.45, 2.75) is 341 Å². The van der Waals surface area contributed by atoms with Gasteiger partial charge in [0.1, 0.15) is 19.3 Å². The van der Waals surface area contributed by atoms with E-state index in [1.54, 1.807) is 0 Å². The van der Waals surface area contributed by atoms with Gasteiger partial charge >= 0.3 is 5.97 Å². The molecule has 0 bridgehead atoms. The van der Waals surface area contributed by atoms with Crippen molar-refractivity contribution in [1.82, 2.24) is 5.32 Å². The minimum absolute atomic E-state index is 0.0209. The Labute approximate surface area is 478 Å². The molecule has 77 heavy (non-hydrogen) atoms. The molecule has 1 N–H and O–H groups in total. The molecule has 0 saturated heterocycles. The summed E-state index contributed by atoms with van der Waals surface area (Å²) in [6, 6.07) is -0.887. The fourth-order valence-corrected chi connectivity index (χ4v) is 10.6. The van der Waals surface area contributed by atoms with Gasteiger partial charge in [-0.1, -0.05) is 269 Å². The van der Waals surface area contributed by atoms with Crippen LogP contribution in [0.15, 0.2) is 36.5 Å². The molecule has 0 heterocycles. The highest BCUT2D eigenvalue weighted by Crippen LogP contribution is 2.38. The average molecular weight is 1110 g/mol. The lowest BCUT2D eigenvalue weighted by Gasteiger charge is -2.30. The fourth-order valence-electron chi connectivity index (χ4n) is 9.87. The number of nitrogens with zero attached hydrogens (tertiary/aromatic N) is 1. The molecule has 0 aliphatic carbocycles. The molecule has 10 heteroatoms. The van der Waals surface area contributed by atoms with Gasteiger partial charge in [0, 0.05) is 12.8 Å². The number of rotatable bonds is 61. The number of phosphoric acid groups is 1. The summed E-state index contributed by atoms with van der Waals surface area (Å²) in [5, 5.41) is 3.04. The largest absolute Gasteiger partial charge is 0.756 e. The number of esters is 1. The van der Waals surface area contributed by atoms with Gasteiger partial charge in [0.25, 0.3) is 7.82 Å². The molecule has 0 radical (unpaired) electrons. The maximum absolute atomic E-state index is 13.6. The molecule has 454 valence electrons. The number of hydrogen-bond donors (Lipinski definition) is 1. The third-order valence-electron chi connectivity index (χ3n) is 15.0. The number of quaternary nitrogens is 1. The second-order valence-electron chi connectivity index (χ2n) is 24.0. The topological polar surface area (TPSA) is 114 Å². The number of unbranched alkanes of at least 4 members (excludes halogenated alkanes) is 41. The Bertz CT molecular complexity index is 1410. The van der Waals surface area contributed by atoms with Gasteiger partial charge in [0.2, 0.25) is 5.91 Å². The number of likely N-dealkylation sites (N-methyl/N-ethyl adjacent to an activating group) is 1. The van der Waals surface area contributed by atoms with Crippen LogP contribution in [0.2, 0.25) is 0 Å². The molecular formula is C67H129N2O7P. The number of carbonyl (C=O) groups is 2. The van der Waals surface area contributed by atoms with Crippen molar-refractivity contribution in [3.8, 4) is 0 Å². The van der Waals surface area contributed by atoms with Gasteiger partial charge < -0.3 is 28.5 Å². The molecule has 0 aliphatic heterocycles. The van der Waals surface area contributed by atoms with Crippen LogP contribution in [0.3, 0.4) is 0 Å². The lowest BCUT2D eigenvalue weighted by molar-refractivity contribution is -0.870. The quantitative estimate of drug-likeness (QED) is 0.0212. The predicted molar refractivity (Wildman–Crippen MR) is 330 cm³/mol. The van der Waals surface area contributed by atoms with Crippen LogP contribution in [0, 0.1) is 0 Å². The summed E-state index contributed by atoms with van der Waals surface area (Å²) in [5.41, 5.74) is 0. The summed E-state index contributed by atoms with van der Waals surface area (Å²) in [6.45, 7) is 6.87. The van der Waals surface area contributed by atoms with Crippen LogP contribution < -0.4 is 10.2 Å². The molecule has 1 amide bonds. The summed E-state index contributed by atoms with van der Waals surface area (Å²) < 4.78 is 30.4. The Hall–Kier alpha value is -1.77. The van der Waals surface area contributed by atoms with E-state index >= 15 is 0 Å². The number of carbonyl (C=O) groups excluding carboxylic acids is 2. The Morgan fingerprint density at radius 3 is 1.10 bits per heavy atom. The molecule has 0 aromatic heterocycles. The van der Waals surface area contributed by atoms with Crippen LogP contribution in [0.5, 0.6) is 0 Å². The number of allylic oxidation sites excluding steroid dienone is 5. The Balaban J connectivity index is 5.08. The van der Waals surface area contributed by atoms with Crippen LogP contribution in [0.25, 0.3) is 0 Å². The minimum atomic E-state index is -4.70. The second kappa shape index (κ2) is 57.5. The number of ether oxygens (including phenoxy) is 1. The number of nitrogens with one attached hydrogen (secondary N) is 1. The van der Waals surface area contributed by atoms with E-state index in [2.05, 4.69) is 50.4 Å². The molecule has 0 fully saturated rings. The first-order valence-electron chi connectivity index (χ1n) is 33.3. The number of hydrogen-bond acceptors (Lipinski definition) is 7. The van der Waals surface area contributed by atoms with Crippen molar-refractivity contribution in [1.29, 1.82) is 0 Å². The highest BCUT2D eigenvalue weighted by atomic mass is 31.2. The second-order valence-corrected chi connectivity index (χ2v) is 25.4. The summed E-state index contributed by atoms with van der Waals surface area (Å²) >= 11 is 0. The summed E-state index contributed by atoms with van der Waals surface area (Å²) in [5.74, 6) is -0.533. The zero-order valence-electron chi connectivity index (χ0n) is 51.9. The Kier molecular flexibility index (Phi) is 56.1. The van der Waals surface area contributed by atoms with Crippen LogP contribution in [0.1, 0.15) is 329 Å². The molecule has 3 unspecified atom stereocenters. The highest BCUT2D eigenvalue weighted by Gasteiger charge is 2.27. The maximum Gasteiger partial charge on any atom is 0.306 e. The van der Waals surface area contributed by atoms with Crippen molar-refractivity contribution in [3.63, 3.8) is 0 Å². The predicted octanol–water partition coefficient (Wildman–Crippen LogP) is 20.0. The van der Waals surface area contributed by atoms with Crippen molar-refractivity contribution in [3.05, 3.63) is 36.5 Å². The summed E-state index contributed by atoms with van der Waals surface area (Å²) in [6.07, 6.45) is 69.7. The standard InChI is InChI=1S/C67H129N2O7P/c1-7-10-13-16-19-22-25-27-29-31-32-33-34-35-36-38-39-41-44-47-50-53-56-59-66(70)68-64(63-75-77(72,73)74-62-61-69(4,5)6)65(58-55-52-49-46-43-24-21-18-15-12-9-3)76-67(71)60-57-54-51-48-45-42-40-37-30-28-26-23-20-17-14-11-8-2/h27-30,55,58,64-65H,7-26,31-54,56-57,59-63H2,1-6H3,(H-,68,70,72,73)/b29-27+,30-28+,58-55-. The SMILES string of the molecule is CCCCCCCC/C=C/CCCCCCCCCCCCCCCC(=O)NC(COP(=O)([O-])OCC[N+](C)(C)C)C(/C=C\CCCCCCCCCCC)OC(=O)CCCCCCCCC/C=C/CCCCCCCC. The normalized spacial score (nSPS) is 13.8. The molecular weight excluding hydrogens is 976 g/mol. The van der Waals surface area contributed by atoms with Gasteiger partial charge in [-0.15, -0.1) is 0 Å². The lowest BCUT2D eigenvalue weighted by atomic mass is 10.0. The van der Waals surface area contributed by atoms with Gasteiger partial charge in [-0.25, -0.2) is 0 Å². The molecule has 0 saturated carbocycles. The molecule has 0 aromatic carbocycles. The molecule has 0 aromatic rings. The highest BCUT2D eigenvalue weighted by molar-refractivity contribution is 7.45. The van der Waals surface area contributed by atoms with E-state index in [0.29, 0.717) is 17.4 Å². The zero-order valence-corrected chi connectivity index (χ0v) is 52.8. The first-order valence-corrected chi connectivity index (χ1v) is 34.8. The van der Waals surface area contributed by atoms with E-state index in [4.69, 9.17) is 13.8 Å². The van der Waals surface area contributed by atoms with Gasteiger partial charge in [-0.3, -0.25) is 14.2 Å². The monoisotopic (exact) mass is 1100 g/mol.